The maximum atomic E-state index is 13.8. The third-order valence-electron chi connectivity index (χ3n) is 4.07. The fourth-order valence-corrected chi connectivity index (χ4v) is 3.16. The van der Waals surface area contributed by atoms with Crippen molar-refractivity contribution in [2.75, 3.05) is 0 Å². The van der Waals surface area contributed by atoms with Crippen molar-refractivity contribution >= 4 is 59.3 Å². The highest BCUT2D eigenvalue weighted by atomic mass is 79.9. The van der Waals surface area contributed by atoms with Gasteiger partial charge in [0.25, 0.3) is 0 Å². The molecule has 1 heterocycles. The summed E-state index contributed by atoms with van der Waals surface area (Å²) in [6.07, 6.45) is -1.30. The summed E-state index contributed by atoms with van der Waals surface area (Å²) < 4.78 is 19.2. The maximum absolute atomic E-state index is 13.8. The lowest BCUT2D eigenvalue weighted by Gasteiger charge is -2.10. The van der Waals surface area contributed by atoms with E-state index in [4.69, 9.17) is 20.1 Å². The summed E-state index contributed by atoms with van der Waals surface area (Å²) in [4.78, 5) is 13.0. The predicted octanol–water partition coefficient (Wildman–Crippen LogP) is 1.32. The second-order valence-electron chi connectivity index (χ2n) is 5.86. The van der Waals surface area contributed by atoms with E-state index in [2.05, 4.69) is 15.9 Å². The molecule has 0 fully saturated rings. The first-order valence-electron chi connectivity index (χ1n) is 7.52. The van der Waals surface area contributed by atoms with Crippen molar-refractivity contribution in [2.45, 2.75) is 13.0 Å². The van der Waals surface area contributed by atoms with Gasteiger partial charge in [-0.15, -0.1) is 0 Å². The van der Waals surface area contributed by atoms with Gasteiger partial charge in [0.05, 0.1) is 15.4 Å². The first-order chi connectivity index (χ1) is 12.6. The number of ketones is 1. The molecule has 0 aliphatic carbocycles. The zero-order valence-electron chi connectivity index (χ0n) is 13.7. The van der Waals surface area contributed by atoms with Gasteiger partial charge in [-0.1, -0.05) is 0 Å². The van der Waals surface area contributed by atoms with Crippen LogP contribution in [-0.4, -0.2) is 41.9 Å². The molecule has 0 amide bonds. The maximum Gasteiger partial charge on any atom is 0.197 e. The van der Waals surface area contributed by atoms with Crippen LogP contribution in [0.25, 0.3) is 11.0 Å². The van der Waals surface area contributed by atoms with Gasteiger partial charge in [-0.25, -0.2) is 4.39 Å². The number of fused-ring (bicyclic) bond motifs is 1. The Labute approximate surface area is 163 Å². The monoisotopic (exact) mass is 430 g/mol. The van der Waals surface area contributed by atoms with Crippen molar-refractivity contribution in [2.24, 2.45) is 0 Å². The second-order valence-corrected chi connectivity index (χ2v) is 6.72. The van der Waals surface area contributed by atoms with E-state index in [0.717, 1.165) is 12.1 Å². The molecule has 1 aromatic heterocycles. The topological polar surface area (TPSA) is 111 Å². The molecular weight excluding hydrogens is 421 g/mol. The van der Waals surface area contributed by atoms with Crippen LogP contribution in [0.1, 0.15) is 34.7 Å². The van der Waals surface area contributed by atoms with E-state index in [1.165, 1.54) is 6.92 Å². The van der Waals surface area contributed by atoms with Gasteiger partial charge in [0.1, 0.15) is 44.6 Å². The number of hydrogen-bond acceptors (Lipinski definition) is 6. The summed E-state index contributed by atoms with van der Waals surface area (Å²) in [5.41, 5.74) is -1.57. The number of benzene rings is 2. The molecule has 0 spiro atoms. The molecule has 134 valence electrons. The van der Waals surface area contributed by atoms with E-state index in [0.29, 0.717) is 0 Å². The number of hydrogen-bond donors (Lipinski definition) is 4. The smallest absolute Gasteiger partial charge is 0.197 e. The van der Waals surface area contributed by atoms with Crippen LogP contribution < -0.4 is 10.9 Å². The van der Waals surface area contributed by atoms with Gasteiger partial charge in [-0.3, -0.25) is 4.79 Å². The molecule has 27 heavy (non-hydrogen) atoms. The number of furan rings is 1. The number of aromatic hydroxyl groups is 3. The average Bonchev–Trinajstić information content (AvgIpc) is 3.02. The van der Waals surface area contributed by atoms with Gasteiger partial charge in [0.15, 0.2) is 17.3 Å². The Morgan fingerprint density at radius 2 is 1.78 bits per heavy atom. The number of aliphatic hydroxyl groups excluding tert-OH is 1. The van der Waals surface area contributed by atoms with Crippen molar-refractivity contribution in [3.8, 4) is 17.2 Å². The second kappa shape index (κ2) is 6.61. The Balaban J connectivity index is 2.40. The van der Waals surface area contributed by atoms with Crippen LogP contribution in [0.2, 0.25) is 0 Å². The van der Waals surface area contributed by atoms with Crippen molar-refractivity contribution in [1.82, 2.24) is 0 Å². The molecule has 4 radical (unpaired) electrons. The third-order valence-corrected chi connectivity index (χ3v) is 4.67. The first-order valence-corrected chi connectivity index (χ1v) is 8.31. The lowest BCUT2D eigenvalue weighted by Crippen LogP contribution is -2.17. The quantitative estimate of drug-likeness (QED) is 0.368. The predicted molar refractivity (Wildman–Crippen MR) is 100 cm³/mol. The van der Waals surface area contributed by atoms with Gasteiger partial charge in [0, 0.05) is 5.56 Å². The standard InChI is InChI=1S/C17H10B2BrFO6/c1-4(22)16-8(12(23)5-2-6(20)13(24)7(21)3-5)9-14(25)10(18)15(26)11(19)17(9)27-16/h2-4,22,24-26H,1H3. The van der Waals surface area contributed by atoms with E-state index in [1.807, 2.05) is 0 Å². The Kier molecular flexibility index (Phi) is 4.73. The zero-order chi connectivity index (χ0) is 20.2. The minimum Gasteiger partial charge on any atom is -0.509 e. The van der Waals surface area contributed by atoms with E-state index in [-0.39, 0.29) is 37.8 Å². The minimum absolute atomic E-state index is 0.0712. The largest absolute Gasteiger partial charge is 0.509 e. The van der Waals surface area contributed by atoms with Crippen LogP contribution in [-0.2, 0) is 0 Å². The average molecular weight is 431 g/mol. The number of phenolic OH excluding ortho intramolecular Hbond substituents is 3. The highest BCUT2D eigenvalue weighted by Gasteiger charge is 2.30. The van der Waals surface area contributed by atoms with Crippen molar-refractivity contribution in [3.05, 3.63) is 39.3 Å². The Bertz CT molecular complexity index is 1090. The number of halogens is 2. The van der Waals surface area contributed by atoms with Crippen LogP contribution in [0.4, 0.5) is 4.39 Å². The van der Waals surface area contributed by atoms with Crippen LogP contribution in [0.5, 0.6) is 17.2 Å². The van der Waals surface area contributed by atoms with Gasteiger partial charge < -0.3 is 24.8 Å². The molecule has 1 unspecified atom stereocenters. The summed E-state index contributed by atoms with van der Waals surface area (Å²) in [6.45, 7) is 1.30. The highest BCUT2D eigenvalue weighted by molar-refractivity contribution is 9.10. The molecule has 0 aliphatic rings. The van der Waals surface area contributed by atoms with Gasteiger partial charge >= 0.3 is 0 Å². The molecule has 3 rings (SSSR count). The molecule has 3 aromatic rings. The normalized spacial score (nSPS) is 12.4. The van der Waals surface area contributed by atoms with E-state index in [9.17, 15) is 29.6 Å². The molecule has 10 heteroatoms. The molecule has 2 aromatic carbocycles. The van der Waals surface area contributed by atoms with Gasteiger partial charge in [0.2, 0.25) is 0 Å². The zero-order valence-corrected chi connectivity index (χ0v) is 15.3. The van der Waals surface area contributed by atoms with E-state index in [1.54, 1.807) is 0 Å². The van der Waals surface area contributed by atoms with Crippen molar-refractivity contribution in [1.29, 1.82) is 0 Å². The lowest BCUT2D eigenvalue weighted by molar-refractivity contribution is 0.102. The van der Waals surface area contributed by atoms with Crippen LogP contribution >= 0.6 is 15.9 Å². The Morgan fingerprint density at radius 3 is 2.33 bits per heavy atom. The van der Waals surface area contributed by atoms with Crippen molar-refractivity contribution in [3.63, 3.8) is 0 Å². The molecule has 0 aliphatic heterocycles. The number of aliphatic hydroxyl groups is 1. The molecule has 0 bridgehead atoms. The first kappa shape index (κ1) is 19.3. The Hall–Kier alpha value is -2.45. The van der Waals surface area contributed by atoms with Crippen molar-refractivity contribution < 1.29 is 34.0 Å². The number of rotatable bonds is 3. The van der Waals surface area contributed by atoms with Crippen LogP contribution in [0.3, 0.4) is 0 Å². The molecule has 0 saturated carbocycles. The Morgan fingerprint density at radius 1 is 1.15 bits per heavy atom. The highest BCUT2D eigenvalue weighted by Crippen LogP contribution is 2.38. The summed E-state index contributed by atoms with van der Waals surface area (Å²) in [5, 5.41) is 39.5. The van der Waals surface area contributed by atoms with E-state index >= 15 is 0 Å². The third kappa shape index (κ3) is 2.89. The fraction of sp³-hybridized carbons (Fsp3) is 0.118. The molecule has 4 N–H and O–H groups in total. The minimum atomic E-state index is -1.30. The number of carbonyl (C=O) groups is 1. The van der Waals surface area contributed by atoms with E-state index < -0.39 is 40.4 Å². The fourth-order valence-electron chi connectivity index (χ4n) is 2.72. The molecule has 6 nitrogen and oxygen atoms in total. The lowest BCUT2D eigenvalue weighted by atomic mass is 9.82. The summed E-state index contributed by atoms with van der Waals surface area (Å²) in [7, 11) is 11.4. The molecule has 1 atom stereocenters. The summed E-state index contributed by atoms with van der Waals surface area (Å²) in [6, 6.07) is 1.95. The molecular formula is C17H10B2BrFO6. The number of carbonyl (C=O) groups excluding carboxylic acids is 1. The molecule has 0 saturated heterocycles. The van der Waals surface area contributed by atoms with Crippen LogP contribution in [0, 0.1) is 5.82 Å². The summed E-state index contributed by atoms with van der Waals surface area (Å²) >= 11 is 2.94. The van der Waals surface area contributed by atoms with Gasteiger partial charge in [-0.05, 0) is 45.9 Å². The summed E-state index contributed by atoms with van der Waals surface area (Å²) in [5.74, 6) is -4.13. The van der Waals surface area contributed by atoms with Crippen LogP contribution in [0.15, 0.2) is 21.0 Å². The SMILES string of the molecule is [B]c1c(O)c([B])c2oc(C(C)O)c(C(=O)c3cc(F)c(O)c(Br)c3)c2c1O. The van der Waals surface area contributed by atoms with Gasteiger partial charge in [-0.2, -0.15) is 0 Å². The number of phenols is 3.